The number of rotatable bonds is 3. The summed E-state index contributed by atoms with van der Waals surface area (Å²) in [5.74, 6) is 2.45. The van der Waals surface area contributed by atoms with Crippen LogP contribution in [-0.2, 0) is 11.3 Å². The van der Waals surface area contributed by atoms with Crippen molar-refractivity contribution in [2.45, 2.75) is 45.4 Å². The third kappa shape index (κ3) is 2.62. The fourth-order valence-electron chi connectivity index (χ4n) is 4.01. The first-order chi connectivity index (χ1) is 10.5. The van der Waals surface area contributed by atoms with Gasteiger partial charge in [-0.1, -0.05) is 13.8 Å². The minimum absolute atomic E-state index is 0.145. The van der Waals surface area contributed by atoms with Gasteiger partial charge >= 0.3 is 0 Å². The quantitative estimate of drug-likeness (QED) is 0.688. The standard InChI is InChI=1S/C17H27N3O2/c1-17(2)14(13-8-6-10-22-15(13)17)19-16(18-3)20(4)11-12-7-5-9-21-12/h5,7,9,13-15H,6,8,10-11H2,1-4H3,(H,18,19). The van der Waals surface area contributed by atoms with Crippen molar-refractivity contribution in [2.75, 3.05) is 20.7 Å². The van der Waals surface area contributed by atoms with Gasteiger partial charge in [0.15, 0.2) is 5.96 Å². The summed E-state index contributed by atoms with van der Waals surface area (Å²) < 4.78 is 11.4. The molecule has 5 heteroatoms. The summed E-state index contributed by atoms with van der Waals surface area (Å²) in [6.45, 7) is 6.20. The van der Waals surface area contributed by atoms with Gasteiger partial charge in [-0.3, -0.25) is 4.99 Å². The molecule has 1 N–H and O–H groups in total. The molecule has 3 atom stereocenters. The molecule has 2 fully saturated rings. The first-order valence-corrected chi connectivity index (χ1v) is 8.12. The van der Waals surface area contributed by atoms with Crippen molar-refractivity contribution in [3.05, 3.63) is 24.2 Å². The summed E-state index contributed by atoms with van der Waals surface area (Å²) in [4.78, 5) is 6.55. The molecule has 1 saturated heterocycles. The number of aliphatic imine (C=N–C) groups is 1. The minimum Gasteiger partial charge on any atom is -0.467 e. The molecule has 3 unspecified atom stereocenters. The van der Waals surface area contributed by atoms with Gasteiger partial charge in [0.05, 0.1) is 18.9 Å². The van der Waals surface area contributed by atoms with Crippen molar-refractivity contribution in [2.24, 2.45) is 16.3 Å². The molecule has 0 aromatic carbocycles. The highest BCUT2D eigenvalue weighted by atomic mass is 16.5. The van der Waals surface area contributed by atoms with Gasteiger partial charge in [0.2, 0.25) is 0 Å². The lowest BCUT2D eigenvalue weighted by atomic mass is 9.55. The van der Waals surface area contributed by atoms with Crippen molar-refractivity contribution in [3.63, 3.8) is 0 Å². The maximum absolute atomic E-state index is 5.97. The molecule has 1 aliphatic carbocycles. The smallest absolute Gasteiger partial charge is 0.194 e. The Bertz CT molecular complexity index is 524. The monoisotopic (exact) mass is 305 g/mol. The summed E-state index contributed by atoms with van der Waals surface area (Å²) in [6, 6.07) is 4.32. The number of nitrogens with one attached hydrogen (secondary N) is 1. The highest BCUT2D eigenvalue weighted by Crippen LogP contribution is 2.51. The fourth-order valence-corrected chi connectivity index (χ4v) is 4.01. The van der Waals surface area contributed by atoms with E-state index < -0.39 is 0 Å². The van der Waals surface area contributed by atoms with Gasteiger partial charge in [0, 0.05) is 38.1 Å². The summed E-state index contributed by atoms with van der Waals surface area (Å²) in [6.07, 6.45) is 4.49. The average Bonchev–Trinajstić information content (AvgIpc) is 3.00. The van der Waals surface area contributed by atoms with Crippen molar-refractivity contribution in [1.29, 1.82) is 0 Å². The molecule has 0 spiro atoms. The third-order valence-corrected chi connectivity index (χ3v) is 5.16. The van der Waals surface area contributed by atoms with Gasteiger partial charge in [-0.15, -0.1) is 0 Å². The molecule has 22 heavy (non-hydrogen) atoms. The second-order valence-electron chi connectivity index (χ2n) is 7.02. The maximum Gasteiger partial charge on any atom is 0.194 e. The topological polar surface area (TPSA) is 50.0 Å². The maximum atomic E-state index is 5.97. The Hall–Kier alpha value is -1.49. The van der Waals surface area contributed by atoms with Crippen LogP contribution < -0.4 is 5.32 Å². The van der Waals surface area contributed by atoms with E-state index in [9.17, 15) is 0 Å². The van der Waals surface area contributed by atoms with Gasteiger partial charge in [-0.25, -0.2) is 0 Å². The summed E-state index contributed by atoms with van der Waals surface area (Å²) in [7, 11) is 3.87. The lowest BCUT2D eigenvalue weighted by molar-refractivity contribution is -0.188. The normalized spacial score (nSPS) is 30.4. The molecule has 1 aromatic heterocycles. The van der Waals surface area contributed by atoms with Crippen LogP contribution in [0.4, 0.5) is 0 Å². The fraction of sp³-hybridized carbons (Fsp3) is 0.706. The first kappa shape index (κ1) is 15.4. The van der Waals surface area contributed by atoms with Gasteiger partial charge in [0.1, 0.15) is 5.76 Å². The Labute approximate surface area is 132 Å². The van der Waals surface area contributed by atoms with E-state index in [0.29, 0.717) is 24.6 Å². The summed E-state index contributed by atoms with van der Waals surface area (Å²) >= 11 is 0. The minimum atomic E-state index is 0.145. The number of nitrogens with zero attached hydrogens (tertiary/aromatic N) is 2. The number of fused-ring (bicyclic) bond motifs is 1. The van der Waals surface area contributed by atoms with Crippen LogP contribution in [0.25, 0.3) is 0 Å². The molecular weight excluding hydrogens is 278 g/mol. The summed E-state index contributed by atoms with van der Waals surface area (Å²) in [5, 5.41) is 3.66. The van der Waals surface area contributed by atoms with Crippen LogP contribution in [0.1, 0.15) is 32.4 Å². The van der Waals surface area contributed by atoms with Gasteiger partial charge in [-0.2, -0.15) is 0 Å². The first-order valence-electron chi connectivity index (χ1n) is 8.12. The van der Waals surface area contributed by atoms with Crippen LogP contribution in [0.15, 0.2) is 27.8 Å². The molecule has 122 valence electrons. The zero-order chi connectivity index (χ0) is 15.7. The van der Waals surface area contributed by atoms with Crippen LogP contribution in [0.5, 0.6) is 0 Å². The zero-order valence-corrected chi connectivity index (χ0v) is 14.0. The van der Waals surface area contributed by atoms with Gasteiger partial charge < -0.3 is 19.4 Å². The number of hydrogen-bond acceptors (Lipinski definition) is 3. The number of hydrogen-bond donors (Lipinski definition) is 1. The number of furan rings is 1. The lowest BCUT2D eigenvalue weighted by Crippen LogP contribution is -2.71. The molecule has 1 aromatic rings. The molecule has 2 heterocycles. The Morgan fingerprint density at radius 3 is 3.00 bits per heavy atom. The molecule has 3 rings (SSSR count). The highest BCUT2D eigenvalue weighted by molar-refractivity contribution is 5.80. The van der Waals surface area contributed by atoms with E-state index in [1.165, 1.54) is 6.42 Å². The van der Waals surface area contributed by atoms with Crippen molar-refractivity contribution in [1.82, 2.24) is 10.2 Å². The SMILES string of the molecule is CN=C(NC1C2CCCOC2C1(C)C)N(C)Cc1ccco1. The van der Waals surface area contributed by atoms with Crippen molar-refractivity contribution in [3.8, 4) is 0 Å². The molecule has 0 bridgehead atoms. The van der Waals surface area contributed by atoms with E-state index in [1.54, 1.807) is 6.26 Å². The van der Waals surface area contributed by atoms with E-state index in [2.05, 4.69) is 29.1 Å². The summed E-state index contributed by atoms with van der Waals surface area (Å²) in [5.41, 5.74) is 0.145. The van der Waals surface area contributed by atoms with Crippen molar-refractivity contribution >= 4 is 5.96 Å². The van der Waals surface area contributed by atoms with Crippen molar-refractivity contribution < 1.29 is 9.15 Å². The van der Waals surface area contributed by atoms with E-state index in [0.717, 1.165) is 24.7 Å². The lowest BCUT2D eigenvalue weighted by Gasteiger charge is -2.60. The molecule has 1 aliphatic heterocycles. The predicted octanol–water partition coefficient (Wildman–Crippen LogP) is 2.49. The van der Waals surface area contributed by atoms with E-state index in [1.807, 2.05) is 26.2 Å². The molecular formula is C17H27N3O2. The Balaban J connectivity index is 1.65. The third-order valence-electron chi connectivity index (χ3n) is 5.16. The highest BCUT2D eigenvalue weighted by Gasteiger charge is 2.58. The van der Waals surface area contributed by atoms with Crippen LogP contribution >= 0.6 is 0 Å². The Kier molecular flexibility index (Phi) is 4.17. The van der Waals surface area contributed by atoms with E-state index in [-0.39, 0.29) is 5.41 Å². The number of guanidine groups is 1. The second kappa shape index (κ2) is 5.95. The second-order valence-corrected chi connectivity index (χ2v) is 7.02. The van der Waals surface area contributed by atoms with Gasteiger partial charge in [-0.05, 0) is 25.0 Å². The van der Waals surface area contributed by atoms with Gasteiger partial charge in [0.25, 0.3) is 0 Å². The molecule has 0 amide bonds. The zero-order valence-electron chi connectivity index (χ0n) is 14.0. The predicted molar refractivity (Wildman–Crippen MR) is 86.7 cm³/mol. The largest absolute Gasteiger partial charge is 0.467 e. The molecule has 1 saturated carbocycles. The van der Waals surface area contributed by atoms with Crippen LogP contribution in [0.2, 0.25) is 0 Å². The molecule has 0 radical (unpaired) electrons. The molecule has 2 aliphatic rings. The van der Waals surface area contributed by atoms with E-state index >= 15 is 0 Å². The average molecular weight is 305 g/mol. The molecule has 5 nitrogen and oxygen atoms in total. The Morgan fingerprint density at radius 2 is 2.32 bits per heavy atom. The van der Waals surface area contributed by atoms with Crippen LogP contribution in [0, 0.1) is 11.3 Å². The van der Waals surface area contributed by atoms with E-state index in [4.69, 9.17) is 9.15 Å². The van der Waals surface area contributed by atoms with Crippen LogP contribution in [-0.4, -0.2) is 43.7 Å². The Morgan fingerprint density at radius 1 is 1.50 bits per heavy atom. The van der Waals surface area contributed by atoms with Crippen LogP contribution in [0.3, 0.4) is 0 Å². The number of ether oxygens (including phenoxy) is 1.